The van der Waals surface area contributed by atoms with Crippen molar-refractivity contribution in [3.8, 4) is 0 Å². The fourth-order valence-corrected chi connectivity index (χ4v) is 2.62. The second kappa shape index (κ2) is 6.21. The molecule has 2 atom stereocenters. The maximum atomic E-state index is 11.0. The lowest BCUT2D eigenvalue weighted by Crippen LogP contribution is -2.42. The molecule has 17 heavy (non-hydrogen) atoms. The van der Waals surface area contributed by atoms with Gasteiger partial charge in [0.1, 0.15) is 6.10 Å². The smallest absolute Gasteiger partial charge is 0.407 e. The van der Waals surface area contributed by atoms with Gasteiger partial charge in [0.2, 0.25) is 0 Å². The minimum absolute atomic E-state index is 0.0236. The zero-order chi connectivity index (χ0) is 12.1. The molecular weight excluding hydrogens is 218 g/mol. The maximum absolute atomic E-state index is 11.0. The Labute approximate surface area is 103 Å². The normalized spacial score (nSPS) is 28.5. The number of carbonyl (C=O) groups excluding carboxylic acids is 1. The van der Waals surface area contributed by atoms with Crippen LogP contribution in [0.2, 0.25) is 0 Å². The summed E-state index contributed by atoms with van der Waals surface area (Å²) in [5.74, 6) is 0. The second-order valence-electron chi connectivity index (χ2n) is 4.96. The molecule has 0 bridgehead atoms. The highest BCUT2D eigenvalue weighted by molar-refractivity contribution is 5.69. The van der Waals surface area contributed by atoms with Crippen molar-refractivity contribution in [1.29, 1.82) is 0 Å². The van der Waals surface area contributed by atoms with Gasteiger partial charge in [-0.2, -0.15) is 0 Å². The van der Waals surface area contributed by atoms with E-state index in [2.05, 4.69) is 22.5 Å². The molecule has 0 aliphatic carbocycles. The topological polar surface area (TPSA) is 53.6 Å². The van der Waals surface area contributed by atoms with Gasteiger partial charge in [-0.05, 0) is 32.4 Å². The molecule has 0 aromatic rings. The summed E-state index contributed by atoms with van der Waals surface area (Å²) in [4.78, 5) is 13.4. The number of amides is 1. The van der Waals surface area contributed by atoms with Gasteiger partial charge in [0, 0.05) is 19.1 Å². The van der Waals surface area contributed by atoms with Gasteiger partial charge in [0.05, 0.1) is 6.54 Å². The van der Waals surface area contributed by atoms with Crippen LogP contribution in [0.15, 0.2) is 0 Å². The molecule has 2 saturated heterocycles. The van der Waals surface area contributed by atoms with Crippen LogP contribution < -0.4 is 10.6 Å². The lowest BCUT2D eigenvalue weighted by molar-refractivity contribution is 0.105. The number of cyclic esters (lactones) is 1. The van der Waals surface area contributed by atoms with Crippen LogP contribution in [0.4, 0.5) is 4.79 Å². The number of hydrogen-bond acceptors (Lipinski definition) is 4. The van der Waals surface area contributed by atoms with E-state index in [4.69, 9.17) is 4.74 Å². The summed E-state index contributed by atoms with van der Waals surface area (Å²) < 4.78 is 5.19. The van der Waals surface area contributed by atoms with E-state index in [1.54, 1.807) is 0 Å². The largest absolute Gasteiger partial charge is 0.443 e. The standard InChI is InChI=1S/C12H23N3O2/c1-2-6-15(8-10-4-3-5-13-10)9-11-7-14-12(16)17-11/h10-11,13H,2-9H2,1H3,(H,14,16). The summed E-state index contributed by atoms with van der Waals surface area (Å²) in [6.07, 6.45) is 3.44. The molecule has 2 fully saturated rings. The van der Waals surface area contributed by atoms with Crippen LogP contribution in [-0.4, -0.2) is 55.9 Å². The van der Waals surface area contributed by atoms with Crippen molar-refractivity contribution >= 4 is 6.09 Å². The molecule has 0 saturated carbocycles. The van der Waals surface area contributed by atoms with E-state index in [0.29, 0.717) is 12.6 Å². The molecule has 2 unspecified atom stereocenters. The zero-order valence-electron chi connectivity index (χ0n) is 10.6. The molecule has 5 nitrogen and oxygen atoms in total. The van der Waals surface area contributed by atoms with Crippen LogP contribution in [0.5, 0.6) is 0 Å². The van der Waals surface area contributed by atoms with Crippen LogP contribution in [0.1, 0.15) is 26.2 Å². The van der Waals surface area contributed by atoms with Gasteiger partial charge >= 0.3 is 6.09 Å². The van der Waals surface area contributed by atoms with Crippen molar-refractivity contribution in [2.45, 2.75) is 38.3 Å². The number of carbonyl (C=O) groups is 1. The Morgan fingerprint density at radius 3 is 2.94 bits per heavy atom. The van der Waals surface area contributed by atoms with Gasteiger partial charge in [0.15, 0.2) is 0 Å². The van der Waals surface area contributed by atoms with Gasteiger partial charge < -0.3 is 15.4 Å². The number of nitrogens with zero attached hydrogens (tertiary/aromatic N) is 1. The van der Waals surface area contributed by atoms with Crippen LogP contribution in [-0.2, 0) is 4.74 Å². The minimum Gasteiger partial charge on any atom is -0.443 e. The first-order chi connectivity index (χ1) is 8.28. The van der Waals surface area contributed by atoms with Gasteiger partial charge in [-0.1, -0.05) is 6.92 Å². The Kier molecular flexibility index (Phi) is 4.62. The molecule has 2 aliphatic heterocycles. The molecule has 98 valence electrons. The molecule has 0 spiro atoms. The number of hydrogen-bond donors (Lipinski definition) is 2. The Hall–Kier alpha value is -0.810. The first-order valence-electron chi connectivity index (χ1n) is 6.68. The molecule has 2 aliphatic rings. The van der Waals surface area contributed by atoms with Crippen molar-refractivity contribution in [1.82, 2.24) is 15.5 Å². The van der Waals surface area contributed by atoms with E-state index in [9.17, 15) is 4.79 Å². The van der Waals surface area contributed by atoms with Crippen LogP contribution in [0.3, 0.4) is 0 Å². The average molecular weight is 241 g/mol. The molecule has 5 heteroatoms. The van der Waals surface area contributed by atoms with Gasteiger partial charge in [-0.3, -0.25) is 4.90 Å². The highest BCUT2D eigenvalue weighted by Crippen LogP contribution is 2.10. The third-order valence-corrected chi connectivity index (χ3v) is 3.39. The zero-order valence-corrected chi connectivity index (χ0v) is 10.6. The highest BCUT2D eigenvalue weighted by atomic mass is 16.6. The van der Waals surface area contributed by atoms with E-state index in [1.807, 2.05) is 0 Å². The molecule has 0 radical (unpaired) electrons. The summed E-state index contributed by atoms with van der Waals surface area (Å²) in [6, 6.07) is 0.617. The quantitative estimate of drug-likeness (QED) is 0.713. The number of nitrogens with one attached hydrogen (secondary N) is 2. The molecule has 2 N–H and O–H groups in total. The fraction of sp³-hybridized carbons (Fsp3) is 0.917. The molecule has 0 aromatic carbocycles. The first kappa shape index (κ1) is 12.6. The Bertz CT molecular complexity index is 254. The van der Waals surface area contributed by atoms with E-state index in [1.165, 1.54) is 12.8 Å². The monoisotopic (exact) mass is 241 g/mol. The van der Waals surface area contributed by atoms with Crippen LogP contribution in [0, 0.1) is 0 Å². The second-order valence-corrected chi connectivity index (χ2v) is 4.96. The van der Waals surface area contributed by atoms with Gasteiger partial charge in [-0.25, -0.2) is 4.79 Å². The SMILES string of the molecule is CCCN(CC1CCCN1)CC1CNC(=O)O1. The molecule has 0 aromatic heterocycles. The summed E-state index contributed by atoms with van der Waals surface area (Å²) in [6.45, 7) is 6.98. The predicted octanol–water partition coefficient (Wildman–Crippen LogP) is 0.559. The summed E-state index contributed by atoms with van der Waals surface area (Å²) >= 11 is 0. The molecule has 2 heterocycles. The first-order valence-corrected chi connectivity index (χ1v) is 6.68. The van der Waals surface area contributed by atoms with Crippen molar-refractivity contribution in [3.05, 3.63) is 0 Å². The number of alkyl carbamates (subject to hydrolysis) is 1. The number of rotatable bonds is 6. The Morgan fingerprint density at radius 2 is 2.35 bits per heavy atom. The summed E-state index contributed by atoms with van der Waals surface area (Å²) in [5.41, 5.74) is 0. The van der Waals surface area contributed by atoms with Crippen molar-refractivity contribution in [2.75, 3.05) is 32.7 Å². The lowest BCUT2D eigenvalue weighted by atomic mass is 10.2. The van der Waals surface area contributed by atoms with E-state index >= 15 is 0 Å². The molecule has 1 amide bonds. The molecular formula is C12H23N3O2. The summed E-state index contributed by atoms with van der Waals surface area (Å²) in [7, 11) is 0. The Balaban J connectivity index is 1.76. The fourth-order valence-electron chi connectivity index (χ4n) is 2.62. The van der Waals surface area contributed by atoms with Crippen molar-refractivity contribution < 1.29 is 9.53 Å². The van der Waals surface area contributed by atoms with Crippen LogP contribution >= 0.6 is 0 Å². The molecule has 2 rings (SSSR count). The van der Waals surface area contributed by atoms with Crippen LogP contribution in [0.25, 0.3) is 0 Å². The van der Waals surface area contributed by atoms with Crippen molar-refractivity contribution in [2.24, 2.45) is 0 Å². The van der Waals surface area contributed by atoms with Gasteiger partial charge in [-0.15, -0.1) is 0 Å². The van der Waals surface area contributed by atoms with E-state index in [-0.39, 0.29) is 12.2 Å². The van der Waals surface area contributed by atoms with E-state index in [0.717, 1.165) is 32.6 Å². The maximum Gasteiger partial charge on any atom is 0.407 e. The minimum atomic E-state index is -0.273. The highest BCUT2D eigenvalue weighted by Gasteiger charge is 2.26. The average Bonchev–Trinajstić information content (AvgIpc) is 2.91. The number of ether oxygens (including phenoxy) is 1. The summed E-state index contributed by atoms with van der Waals surface area (Å²) in [5, 5.41) is 6.22. The Morgan fingerprint density at radius 1 is 1.47 bits per heavy atom. The van der Waals surface area contributed by atoms with E-state index < -0.39 is 0 Å². The van der Waals surface area contributed by atoms with Gasteiger partial charge in [0.25, 0.3) is 0 Å². The lowest BCUT2D eigenvalue weighted by Gasteiger charge is -2.26. The third-order valence-electron chi connectivity index (χ3n) is 3.39. The predicted molar refractivity (Wildman–Crippen MR) is 66.0 cm³/mol. The van der Waals surface area contributed by atoms with Crippen molar-refractivity contribution in [3.63, 3.8) is 0 Å². The third kappa shape index (κ3) is 3.85.